The van der Waals surface area contributed by atoms with Crippen LogP contribution in [0.25, 0.3) is 0 Å². The molecule has 2 heterocycles. The number of likely N-dealkylation sites (N-methyl/N-ethyl adjacent to an activating group) is 1. The summed E-state index contributed by atoms with van der Waals surface area (Å²) in [5, 5.41) is 6.67. The minimum absolute atomic E-state index is 0. The Labute approximate surface area is 181 Å². The molecule has 0 amide bonds. The van der Waals surface area contributed by atoms with E-state index in [0.717, 1.165) is 76.1 Å². The first-order valence-electron chi connectivity index (χ1n) is 9.63. The largest absolute Gasteiger partial charge is 0.382 e. The molecule has 1 aromatic rings. The summed E-state index contributed by atoms with van der Waals surface area (Å²) in [4.78, 5) is 13.6. The van der Waals surface area contributed by atoms with E-state index in [1.54, 1.807) is 7.05 Å². The maximum absolute atomic E-state index is 5.34. The van der Waals surface area contributed by atoms with Crippen molar-refractivity contribution in [2.75, 3.05) is 64.9 Å². The Kier molecular flexibility index (Phi) is 12.4. The summed E-state index contributed by atoms with van der Waals surface area (Å²) < 4.78 is 5.34. The Morgan fingerprint density at radius 3 is 2.59 bits per heavy atom. The molecule has 2 rings (SSSR count). The minimum atomic E-state index is 0. The molecule has 0 bridgehead atoms. The lowest BCUT2D eigenvalue weighted by atomic mass is 10.2. The van der Waals surface area contributed by atoms with Gasteiger partial charge in [-0.2, -0.15) is 0 Å². The van der Waals surface area contributed by atoms with Crippen LogP contribution in [0.15, 0.2) is 23.3 Å². The predicted molar refractivity (Wildman–Crippen MR) is 123 cm³/mol. The number of ether oxygens (including phenoxy) is 1. The first kappa shape index (κ1) is 23.9. The summed E-state index contributed by atoms with van der Waals surface area (Å²) in [6, 6.07) is 4.26. The minimum Gasteiger partial charge on any atom is -0.382 e. The molecule has 1 aromatic heterocycles. The van der Waals surface area contributed by atoms with Crippen LogP contribution in [0.2, 0.25) is 0 Å². The highest BCUT2D eigenvalue weighted by molar-refractivity contribution is 14.0. The number of halogens is 1. The highest BCUT2D eigenvalue weighted by atomic mass is 127. The van der Waals surface area contributed by atoms with E-state index in [1.807, 2.05) is 13.1 Å². The van der Waals surface area contributed by atoms with E-state index in [-0.39, 0.29) is 24.0 Å². The van der Waals surface area contributed by atoms with E-state index in [1.165, 1.54) is 0 Å². The number of piperazine rings is 1. The summed E-state index contributed by atoms with van der Waals surface area (Å²) in [7, 11) is 3.96. The lowest BCUT2D eigenvalue weighted by Crippen LogP contribution is -2.44. The molecule has 1 fully saturated rings. The number of unbranched alkanes of at least 4 members (excludes halogenated alkanes) is 1. The van der Waals surface area contributed by atoms with Crippen LogP contribution in [0.1, 0.15) is 25.3 Å². The van der Waals surface area contributed by atoms with Crippen molar-refractivity contribution < 1.29 is 4.74 Å². The van der Waals surface area contributed by atoms with Crippen molar-refractivity contribution in [3.63, 3.8) is 0 Å². The van der Waals surface area contributed by atoms with Crippen LogP contribution >= 0.6 is 24.0 Å². The molecule has 0 spiro atoms. The standard InChI is InChI=1S/C19H34N6O.HI/c1-4-26-14-6-5-9-21-19(20-2)23-16-17-7-8-18(22-15-17)25-12-10-24(3)11-13-25;/h7-8,15H,4-6,9-14,16H2,1-3H3,(H2,20,21,23);1H. The number of nitrogens with zero attached hydrogens (tertiary/aromatic N) is 4. The molecule has 154 valence electrons. The molecule has 2 N–H and O–H groups in total. The number of nitrogens with one attached hydrogen (secondary N) is 2. The van der Waals surface area contributed by atoms with Crippen LogP contribution in [0.3, 0.4) is 0 Å². The molecule has 7 nitrogen and oxygen atoms in total. The van der Waals surface area contributed by atoms with Gasteiger partial charge < -0.3 is 25.2 Å². The van der Waals surface area contributed by atoms with E-state index in [4.69, 9.17) is 4.74 Å². The number of aliphatic imine (C=N–C) groups is 1. The third-order valence-corrected chi connectivity index (χ3v) is 4.53. The fraction of sp³-hybridized carbons (Fsp3) is 0.684. The number of pyridine rings is 1. The molecule has 0 aliphatic carbocycles. The number of aromatic nitrogens is 1. The zero-order valence-electron chi connectivity index (χ0n) is 16.9. The van der Waals surface area contributed by atoms with Crippen LogP contribution in [-0.2, 0) is 11.3 Å². The Balaban J connectivity index is 0.00000364. The van der Waals surface area contributed by atoms with Crippen LogP contribution < -0.4 is 15.5 Å². The SMILES string of the molecule is CCOCCCCNC(=NC)NCc1ccc(N2CCN(C)CC2)nc1.I. The van der Waals surface area contributed by atoms with Crippen molar-refractivity contribution in [2.24, 2.45) is 4.99 Å². The Morgan fingerprint density at radius 2 is 1.96 bits per heavy atom. The molecule has 0 unspecified atom stereocenters. The van der Waals surface area contributed by atoms with Crippen LogP contribution in [-0.4, -0.2) is 75.9 Å². The molecule has 1 saturated heterocycles. The van der Waals surface area contributed by atoms with Gasteiger partial charge in [0.1, 0.15) is 5.82 Å². The fourth-order valence-corrected chi connectivity index (χ4v) is 2.83. The molecule has 0 atom stereocenters. The Bertz CT molecular complexity index is 532. The Morgan fingerprint density at radius 1 is 1.19 bits per heavy atom. The van der Waals surface area contributed by atoms with Gasteiger partial charge in [0.15, 0.2) is 5.96 Å². The van der Waals surface area contributed by atoms with Crippen LogP contribution in [0.4, 0.5) is 5.82 Å². The normalized spacial score (nSPS) is 15.4. The first-order chi connectivity index (χ1) is 12.7. The second kappa shape index (κ2) is 14.0. The van der Waals surface area contributed by atoms with E-state index in [0.29, 0.717) is 6.54 Å². The summed E-state index contributed by atoms with van der Waals surface area (Å²) in [5.74, 6) is 1.89. The van der Waals surface area contributed by atoms with Crippen LogP contribution in [0, 0.1) is 0 Å². The van der Waals surface area contributed by atoms with Gasteiger partial charge in [-0.3, -0.25) is 4.99 Å². The van der Waals surface area contributed by atoms with E-state index in [9.17, 15) is 0 Å². The summed E-state index contributed by atoms with van der Waals surface area (Å²) in [5.41, 5.74) is 1.15. The zero-order chi connectivity index (χ0) is 18.6. The maximum Gasteiger partial charge on any atom is 0.191 e. The lowest BCUT2D eigenvalue weighted by Gasteiger charge is -2.33. The van der Waals surface area contributed by atoms with Gasteiger partial charge in [0.25, 0.3) is 0 Å². The first-order valence-corrected chi connectivity index (χ1v) is 9.63. The average Bonchev–Trinajstić information content (AvgIpc) is 2.68. The third kappa shape index (κ3) is 9.07. The van der Waals surface area contributed by atoms with Gasteiger partial charge in [-0.25, -0.2) is 4.98 Å². The third-order valence-electron chi connectivity index (χ3n) is 4.53. The van der Waals surface area contributed by atoms with Gasteiger partial charge in [0, 0.05) is 65.7 Å². The predicted octanol–water partition coefficient (Wildman–Crippen LogP) is 1.93. The van der Waals surface area contributed by atoms with Gasteiger partial charge in [0.05, 0.1) is 0 Å². The molecule has 1 aliphatic heterocycles. The average molecular weight is 490 g/mol. The van der Waals surface area contributed by atoms with Gasteiger partial charge >= 0.3 is 0 Å². The van der Waals surface area contributed by atoms with Crippen molar-refractivity contribution in [2.45, 2.75) is 26.3 Å². The number of guanidine groups is 1. The fourth-order valence-electron chi connectivity index (χ4n) is 2.83. The van der Waals surface area contributed by atoms with Gasteiger partial charge in [-0.05, 0) is 38.4 Å². The molecule has 8 heteroatoms. The number of hydrogen-bond donors (Lipinski definition) is 2. The topological polar surface area (TPSA) is 65.0 Å². The van der Waals surface area contributed by atoms with E-state index < -0.39 is 0 Å². The summed E-state index contributed by atoms with van der Waals surface area (Å²) in [6.45, 7) is 9.53. The van der Waals surface area contributed by atoms with Gasteiger partial charge in [0.2, 0.25) is 0 Å². The quantitative estimate of drug-likeness (QED) is 0.239. The molecule has 27 heavy (non-hydrogen) atoms. The highest BCUT2D eigenvalue weighted by Gasteiger charge is 2.14. The van der Waals surface area contributed by atoms with Crippen molar-refractivity contribution in [1.29, 1.82) is 0 Å². The van der Waals surface area contributed by atoms with Gasteiger partial charge in [-0.1, -0.05) is 6.07 Å². The highest BCUT2D eigenvalue weighted by Crippen LogP contribution is 2.13. The molecule has 0 radical (unpaired) electrons. The van der Waals surface area contributed by atoms with Gasteiger partial charge in [-0.15, -0.1) is 24.0 Å². The van der Waals surface area contributed by atoms with Crippen molar-refractivity contribution in [3.8, 4) is 0 Å². The number of anilines is 1. The number of hydrogen-bond acceptors (Lipinski definition) is 5. The van der Waals surface area contributed by atoms with Crippen molar-refractivity contribution >= 4 is 35.8 Å². The zero-order valence-corrected chi connectivity index (χ0v) is 19.2. The van der Waals surface area contributed by atoms with Crippen molar-refractivity contribution in [1.82, 2.24) is 20.5 Å². The lowest BCUT2D eigenvalue weighted by molar-refractivity contribution is 0.143. The summed E-state index contributed by atoms with van der Waals surface area (Å²) in [6.07, 6.45) is 4.09. The maximum atomic E-state index is 5.34. The van der Waals surface area contributed by atoms with Crippen LogP contribution in [0.5, 0.6) is 0 Å². The summed E-state index contributed by atoms with van der Waals surface area (Å²) >= 11 is 0. The van der Waals surface area contributed by atoms with Crippen molar-refractivity contribution in [3.05, 3.63) is 23.9 Å². The second-order valence-corrected chi connectivity index (χ2v) is 6.57. The molecule has 0 aromatic carbocycles. The monoisotopic (exact) mass is 490 g/mol. The molecular weight excluding hydrogens is 455 g/mol. The second-order valence-electron chi connectivity index (χ2n) is 6.57. The molecule has 1 aliphatic rings. The van der Waals surface area contributed by atoms with E-state index in [2.05, 4.69) is 49.6 Å². The Hall–Kier alpha value is -1.13. The van der Waals surface area contributed by atoms with E-state index >= 15 is 0 Å². The molecular formula is C19H35IN6O. The smallest absolute Gasteiger partial charge is 0.191 e. The number of rotatable bonds is 9. The molecule has 0 saturated carbocycles.